The smallest absolute Gasteiger partial charge is 0.191 e. The third-order valence-electron chi connectivity index (χ3n) is 4.96. The van der Waals surface area contributed by atoms with E-state index in [9.17, 15) is 0 Å². The number of rotatable bonds is 7. The predicted molar refractivity (Wildman–Crippen MR) is 123 cm³/mol. The third kappa shape index (κ3) is 7.80. The second-order valence-corrected chi connectivity index (χ2v) is 7.10. The average molecular weight is 473 g/mol. The fraction of sp³-hybridized carbons (Fsp3) is 0.650. The van der Waals surface area contributed by atoms with E-state index in [0.717, 1.165) is 51.8 Å². The standard InChI is InChI=1S/C20H35N5.HI/c1-5-21-20(22-15-17(2)19-9-7-6-8-10-19)23-16-18(3)25-13-11-24(4)12-14-25;/h6-10,17-18H,5,11-16H2,1-4H3,(H2,21,22,23);1H. The van der Waals surface area contributed by atoms with Crippen molar-refractivity contribution in [1.29, 1.82) is 0 Å². The minimum atomic E-state index is 0. The fourth-order valence-electron chi connectivity index (χ4n) is 3.09. The molecule has 0 bridgehead atoms. The second kappa shape index (κ2) is 12.5. The van der Waals surface area contributed by atoms with Crippen molar-refractivity contribution in [3.8, 4) is 0 Å². The number of nitrogens with zero attached hydrogens (tertiary/aromatic N) is 3. The van der Waals surface area contributed by atoms with Gasteiger partial charge in [0.25, 0.3) is 0 Å². The number of piperazine rings is 1. The normalized spacial score (nSPS) is 18.7. The van der Waals surface area contributed by atoms with E-state index in [4.69, 9.17) is 4.99 Å². The van der Waals surface area contributed by atoms with Gasteiger partial charge < -0.3 is 15.5 Å². The number of aliphatic imine (C=N–C) groups is 1. The molecule has 2 atom stereocenters. The largest absolute Gasteiger partial charge is 0.357 e. The van der Waals surface area contributed by atoms with E-state index in [1.165, 1.54) is 5.56 Å². The molecule has 1 aliphatic rings. The van der Waals surface area contributed by atoms with E-state index in [0.29, 0.717) is 12.0 Å². The van der Waals surface area contributed by atoms with Crippen LogP contribution in [0.2, 0.25) is 0 Å². The number of guanidine groups is 1. The van der Waals surface area contributed by atoms with E-state index in [2.05, 4.69) is 78.6 Å². The van der Waals surface area contributed by atoms with Crippen LogP contribution in [-0.4, -0.2) is 74.7 Å². The lowest BCUT2D eigenvalue weighted by atomic mass is 10.0. The highest BCUT2D eigenvalue weighted by Gasteiger charge is 2.18. The van der Waals surface area contributed by atoms with Crippen LogP contribution in [0.15, 0.2) is 35.3 Å². The second-order valence-electron chi connectivity index (χ2n) is 7.10. The van der Waals surface area contributed by atoms with Crippen molar-refractivity contribution in [2.24, 2.45) is 4.99 Å². The van der Waals surface area contributed by atoms with Gasteiger partial charge in [-0.1, -0.05) is 37.3 Å². The first-order valence-electron chi connectivity index (χ1n) is 9.59. The number of benzene rings is 1. The minimum absolute atomic E-state index is 0. The number of hydrogen-bond donors (Lipinski definition) is 2. The van der Waals surface area contributed by atoms with Crippen LogP contribution in [-0.2, 0) is 0 Å². The molecule has 2 rings (SSSR count). The third-order valence-corrected chi connectivity index (χ3v) is 4.96. The van der Waals surface area contributed by atoms with Crippen LogP contribution in [0.4, 0.5) is 0 Å². The van der Waals surface area contributed by atoms with Crippen molar-refractivity contribution in [3.05, 3.63) is 35.9 Å². The molecule has 26 heavy (non-hydrogen) atoms. The SMILES string of the molecule is CCNC(=NCC(C)N1CCN(C)CC1)NCC(C)c1ccccc1.I. The van der Waals surface area contributed by atoms with Crippen molar-refractivity contribution < 1.29 is 0 Å². The van der Waals surface area contributed by atoms with E-state index in [1.807, 2.05) is 0 Å². The van der Waals surface area contributed by atoms with Crippen LogP contribution in [0.25, 0.3) is 0 Å². The highest BCUT2D eigenvalue weighted by Crippen LogP contribution is 2.13. The van der Waals surface area contributed by atoms with Crippen LogP contribution in [0, 0.1) is 0 Å². The lowest BCUT2D eigenvalue weighted by Crippen LogP contribution is -2.49. The Kier molecular flexibility index (Phi) is 11.2. The zero-order valence-corrected chi connectivity index (χ0v) is 19.1. The first kappa shape index (κ1) is 23.2. The van der Waals surface area contributed by atoms with Crippen LogP contribution in [0.1, 0.15) is 32.3 Å². The number of hydrogen-bond acceptors (Lipinski definition) is 3. The summed E-state index contributed by atoms with van der Waals surface area (Å²) in [6.45, 7) is 13.8. The monoisotopic (exact) mass is 473 g/mol. The molecule has 1 heterocycles. The molecule has 1 fully saturated rings. The lowest BCUT2D eigenvalue weighted by Gasteiger charge is -2.35. The molecule has 0 saturated carbocycles. The number of halogens is 1. The molecule has 1 aliphatic heterocycles. The molecule has 0 aromatic heterocycles. The zero-order chi connectivity index (χ0) is 18.1. The molecule has 148 valence electrons. The summed E-state index contributed by atoms with van der Waals surface area (Å²) in [5, 5.41) is 6.86. The summed E-state index contributed by atoms with van der Waals surface area (Å²) in [4.78, 5) is 9.75. The highest BCUT2D eigenvalue weighted by molar-refractivity contribution is 14.0. The van der Waals surface area contributed by atoms with Crippen LogP contribution in [0.3, 0.4) is 0 Å². The number of likely N-dealkylation sites (N-methyl/N-ethyl adjacent to an activating group) is 1. The van der Waals surface area contributed by atoms with Crippen LogP contribution < -0.4 is 10.6 Å². The molecule has 0 amide bonds. The molecule has 0 spiro atoms. The Labute approximate surface area is 176 Å². The van der Waals surface area contributed by atoms with E-state index >= 15 is 0 Å². The van der Waals surface area contributed by atoms with Gasteiger partial charge in [-0.15, -0.1) is 24.0 Å². The summed E-state index contributed by atoms with van der Waals surface area (Å²) in [5.74, 6) is 1.38. The maximum absolute atomic E-state index is 4.81. The fourth-order valence-corrected chi connectivity index (χ4v) is 3.09. The summed E-state index contributed by atoms with van der Waals surface area (Å²) < 4.78 is 0. The molecular weight excluding hydrogens is 437 g/mol. The van der Waals surface area contributed by atoms with Crippen molar-refractivity contribution >= 4 is 29.9 Å². The van der Waals surface area contributed by atoms with Crippen LogP contribution >= 0.6 is 24.0 Å². The summed E-state index contributed by atoms with van der Waals surface area (Å²) in [6.07, 6.45) is 0. The summed E-state index contributed by atoms with van der Waals surface area (Å²) in [6, 6.07) is 11.1. The Balaban J connectivity index is 0.00000338. The van der Waals surface area contributed by atoms with Gasteiger partial charge in [0.1, 0.15) is 0 Å². The van der Waals surface area contributed by atoms with E-state index in [-0.39, 0.29) is 24.0 Å². The molecule has 2 unspecified atom stereocenters. The molecule has 5 nitrogen and oxygen atoms in total. The quantitative estimate of drug-likeness (QED) is 0.363. The summed E-state index contributed by atoms with van der Waals surface area (Å²) >= 11 is 0. The topological polar surface area (TPSA) is 42.9 Å². The number of nitrogens with one attached hydrogen (secondary N) is 2. The Morgan fingerprint density at radius 3 is 2.35 bits per heavy atom. The first-order chi connectivity index (χ1) is 12.1. The molecule has 1 aromatic rings. The summed E-state index contributed by atoms with van der Waals surface area (Å²) in [5.41, 5.74) is 1.36. The highest BCUT2D eigenvalue weighted by atomic mass is 127. The van der Waals surface area contributed by atoms with Gasteiger partial charge in [0.2, 0.25) is 0 Å². The Morgan fingerprint density at radius 1 is 1.08 bits per heavy atom. The Hall–Kier alpha value is -0.860. The van der Waals surface area contributed by atoms with Crippen molar-refractivity contribution in [3.63, 3.8) is 0 Å². The molecular formula is C20H36IN5. The zero-order valence-electron chi connectivity index (χ0n) is 16.7. The van der Waals surface area contributed by atoms with Crippen molar-refractivity contribution in [1.82, 2.24) is 20.4 Å². The Bertz CT molecular complexity index is 514. The van der Waals surface area contributed by atoms with Gasteiger partial charge >= 0.3 is 0 Å². The summed E-state index contributed by atoms with van der Waals surface area (Å²) in [7, 11) is 2.20. The van der Waals surface area contributed by atoms with Gasteiger partial charge in [-0.25, -0.2) is 0 Å². The van der Waals surface area contributed by atoms with Crippen molar-refractivity contribution in [2.45, 2.75) is 32.7 Å². The molecule has 2 N–H and O–H groups in total. The maximum atomic E-state index is 4.81. The van der Waals surface area contributed by atoms with Gasteiger partial charge in [-0.3, -0.25) is 9.89 Å². The van der Waals surface area contributed by atoms with Gasteiger partial charge in [0.15, 0.2) is 5.96 Å². The molecule has 0 aliphatic carbocycles. The van der Waals surface area contributed by atoms with Gasteiger partial charge in [0, 0.05) is 45.3 Å². The molecule has 6 heteroatoms. The molecule has 0 radical (unpaired) electrons. The molecule has 1 aromatic carbocycles. The van der Waals surface area contributed by atoms with Crippen molar-refractivity contribution in [2.75, 3.05) is 52.9 Å². The van der Waals surface area contributed by atoms with E-state index in [1.54, 1.807) is 0 Å². The Morgan fingerprint density at radius 2 is 1.73 bits per heavy atom. The average Bonchev–Trinajstić information content (AvgIpc) is 2.64. The predicted octanol–water partition coefficient (Wildman–Crippen LogP) is 2.60. The van der Waals surface area contributed by atoms with Gasteiger partial charge in [-0.05, 0) is 32.4 Å². The van der Waals surface area contributed by atoms with E-state index < -0.39 is 0 Å². The van der Waals surface area contributed by atoms with Gasteiger partial charge in [-0.2, -0.15) is 0 Å². The first-order valence-corrected chi connectivity index (χ1v) is 9.59. The maximum Gasteiger partial charge on any atom is 0.191 e. The molecule has 1 saturated heterocycles. The lowest BCUT2D eigenvalue weighted by molar-refractivity contribution is 0.122. The minimum Gasteiger partial charge on any atom is -0.357 e. The van der Waals surface area contributed by atoms with Gasteiger partial charge in [0.05, 0.1) is 6.54 Å². The van der Waals surface area contributed by atoms with Crippen LogP contribution in [0.5, 0.6) is 0 Å².